The summed E-state index contributed by atoms with van der Waals surface area (Å²) in [6.45, 7) is 8.78. The summed E-state index contributed by atoms with van der Waals surface area (Å²) in [5, 5.41) is 1.16. The average molecular weight is 617 g/mol. The van der Waals surface area contributed by atoms with Crippen LogP contribution in [0.4, 0.5) is 0 Å². The zero-order valence-electron chi connectivity index (χ0n) is 21.9. The summed E-state index contributed by atoms with van der Waals surface area (Å²) in [6.07, 6.45) is 30.3. The highest BCUT2D eigenvalue weighted by Crippen LogP contribution is 2.16. The zero-order chi connectivity index (χ0) is 22.2. The molecule has 3 heteroatoms. The number of unbranched alkanes of at least 4 members (excludes halogenated alkanes) is 18. The number of hydrogen-bond donors (Lipinski definition) is 0. The van der Waals surface area contributed by atoms with Crippen molar-refractivity contribution in [2.45, 2.75) is 149 Å². The molecule has 0 fully saturated rings. The maximum absolute atomic E-state index is 3.66. The lowest BCUT2D eigenvalue weighted by atomic mass is 10.1. The molecule has 0 aromatic rings. The molecular formula is C28H59BrIN. The number of alkyl halides is 1. The molecule has 0 spiro atoms. The van der Waals surface area contributed by atoms with E-state index in [-0.39, 0.29) is 24.0 Å². The SMILES string of the molecule is CCCCCCCCCCCC[N+](C)(CCCBr)CCCCCCCCCCCC.[I-]. The molecule has 0 amide bonds. The van der Waals surface area contributed by atoms with E-state index in [2.05, 4.69) is 36.8 Å². The van der Waals surface area contributed by atoms with Crippen molar-refractivity contribution in [2.75, 3.05) is 32.0 Å². The summed E-state index contributed by atoms with van der Waals surface area (Å²) in [7, 11) is 2.53. The molecule has 0 radical (unpaired) electrons. The van der Waals surface area contributed by atoms with Crippen molar-refractivity contribution in [3.63, 3.8) is 0 Å². The number of hydrogen-bond acceptors (Lipinski definition) is 0. The van der Waals surface area contributed by atoms with E-state index in [1.54, 1.807) is 0 Å². The Morgan fingerprint density at radius 1 is 0.419 bits per heavy atom. The van der Waals surface area contributed by atoms with E-state index >= 15 is 0 Å². The third kappa shape index (κ3) is 25.6. The van der Waals surface area contributed by atoms with Crippen molar-refractivity contribution in [3.05, 3.63) is 0 Å². The second-order valence-electron chi connectivity index (χ2n) is 10.2. The molecule has 0 saturated carbocycles. The van der Waals surface area contributed by atoms with Gasteiger partial charge < -0.3 is 28.5 Å². The molecular weight excluding hydrogens is 557 g/mol. The Morgan fingerprint density at radius 3 is 0.968 bits per heavy atom. The number of nitrogens with zero attached hydrogens (tertiary/aromatic N) is 1. The number of quaternary nitrogens is 1. The highest BCUT2D eigenvalue weighted by atomic mass is 127. The Bertz CT molecular complexity index is 300. The Kier molecular flexibility index (Phi) is 30.4. The van der Waals surface area contributed by atoms with Crippen molar-refractivity contribution in [1.29, 1.82) is 0 Å². The zero-order valence-corrected chi connectivity index (χ0v) is 25.6. The van der Waals surface area contributed by atoms with Crippen LogP contribution in [0.5, 0.6) is 0 Å². The average Bonchev–Trinajstić information content (AvgIpc) is 2.75. The topological polar surface area (TPSA) is 0 Å². The molecule has 0 aliphatic carbocycles. The minimum absolute atomic E-state index is 0. The first-order chi connectivity index (χ1) is 14.7. The lowest BCUT2D eigenvalue weighted by molar-refractivity contribution is -0.910. The fourth-order valence-corrected chi connectivity index (χ4v) is 4.99. The molecule has 0 aromatic heterocycles. The third-order valence-corrected chi connectivity index (χ3v) is 7.50. The number of rotatable bonds is 25. The molecule has 0 aliphatic rings. The van der Waals surface area contributed by atoms with Gasteiger partial charge in [0.1, 0.15) is 0 Å². The Labute approximate surface area is 224 Å². The molecule has 0 rings (SSSR count). The minimum atomic E-state index is 0. The molecule has 1 nitrogen and oxygen atoms in total. The Hall–Kier alpha value is 1.17. The first-order valence-corrected chi connectivity index (χ1v) is 15.2. The van der Waals surface area contributed by atoms with Gasteiger partial charge in [0.2, 0.25) is 0 Å². The molecule has 0 heterocycles. The van der Waals surface area contributed by atoms with E-state index in [0.717, 1.165) is 5.33 Å². The predicted molar refractivity (Wildman–Crippen MR) is 143 cm³/mol. The van der Waals surface area contributed by atoms with Crippen molar-refractivity contribution in [1.82, 2.24) is 0 Å². The van der Waals surface area contributed by atoms with Gasteiger partial charge in [0, 0.05) is 11.8 Å². The molecule has 0 atom stereocenters. The van der Waals surface area contributed by atoms with Crippen LogP contribution < -0.4 is 24.0 Å². The van der Waals surface area contributed by atoms with Gasteiger partial charge in [-0.1, -0.05) is 133 Å². The van der Waals surface area contributed by atoms with Crippen molar-refractivity contribution < 1.29 is 28.5 Å². The maximum atomic E-state index is 3.66. The summed E-state index contributed by atoms with van der Waals surface area (Å²) >= 11 is 3.66. The van der Waals surface area contributed by atoms with Crippen LogP contribution in [0.25, 0.3) is 0 Å². The van der Waals surface area contributed by atoms with Gasteiger partial charge in [-0.05, 0) is 25.7 Å². The molecule has 190 valence electrons. The van der Waals surface area contributed by atoms with E-state index in [4.69, 9.17) is 0 Å². The minimum Gasteiger partial charge on any atom is -1.00 e. The van der Waals surface area contributed by atoms with Gasteiger partial charge in [0.25, 0.3) is 0 Å². The van der Waals surface area contributed by atoms with E-state index < -0.39 is 0 Å². The van der Waals surface area contributed by atoms with Crippen LogP contribution in [0, 0.1) is 0 Å². The van der Waals surface area contributed by atoms with Crippen LogP contribution in [0.1, 0.15) is 149 Å². The first-order valence-electron chi connectivity index (χ1n) is 14.1. The Balaban J connectivity index is 0. The largest absolute Gasteiger partial charge is 1.00 e. The molecule has 0 N–H and O–H groups in total. The third-order valence-electron chi connectivity index (χ3n) is 6.93. The molecule has 0 unspecified atom stereocenters. The molecule has 31 heavy (non-hydrogen) atoms. The molecule has 0 saturated heterocycles. The fraction of sp³-hybridized carbons (Fsp3) is 1.00. The van der Waals surface area contributed by atoms with Gasteiger partial charge in [-0.2, -0.15) is 0 Å². The van der Waals surface area contributed by atoms with Crippen LogP contribution in [0.15, 0.2) is 0 Å². The van der Waals surface area contributed by atoms with Crippen LogP contribution in [-0.2, 0) is 0 Å². The second kappa shape index (κ2) is 27.4. The van der Waals surface area contributed by atoms with Gasteiger partial charge in [-0.15, -0.1) is 0 Å². The van der Waals surface area contributed by atoms with E-state index in [1.807, 2.05) is 0 Å². The monoisotopic (exact) mass is 615 g/mol. The molecule has 0 bridgehead atoms. The summed E-state index contributed by atoms with van der Waals surface area (Å²) < 4.78 is 1.32. The van der Waals surface area contributed by atoms with E-state index in [0.29, 0.717) is 0 Å². The quantitative estimate of drug-likeness (QED) is 0.0446. The Morgan fingerprint density at radius 2 is 0.677 bits per heavy atom. The van der Waals surface area contributed by atoms with Crippen molar-refractivity contribution >= 4 is 15.9 Å². The lowest BCUT2D eigenvalue weighted by Crippen LogP contribution is -3.00. The number of halogens is 2. The maximum Gasteiger partial charge on any atom is 0.0792 e. The van der Waals surface area contributed by atoms with Gasteiger partial charge in [0.05, 0.1) is 26.7 Å². The van der Waals surface area contributed by atoms with E-state index in [9.17, 15) is 0 Å². The van der Waals surface area contributed by atoms with Gasteiger partial charge in [-0.25, -0.2) is 0 Å². The smallest absolute Gasteiger partial charge is 0.0792 e. The predicted octanol–water partition coefficient (Wildman–Crippen LogP) is 7.06. The molecule has 0 aliphatic heterocycles. The summed E-state index contributed by atoms with van der Waals surface area (Å²) in [6, 6.07) is 0. The van der Waals surface area contributed by atoms with E-state index in [1.165, 1.54) is 159 Å². The van der Waals surface area contributed by atoms with Gasteiger partial charge >= 0.3 is 0 Å². The van der Waals surface area contributed by atoms with Gasteiger partial charge in [0.15, 0.2) is 0 Å². The second-order valence-corrected chi connectivity index (χ2v) is 11.0. The summed E-state index contributed by atoms with van der Waals surface area (Å²) in [5.74, 6) is 0. The standard InChI is InChI=1S/C28H59BrN.HI/c1-4-6-8-10-12-14-16-18-20-22-26-30(3,28-24-25-29)27-23-21-19-17-15-13-11-9-7-5-2;/h4-28H2,1-3H3;1H/q+1;/p-1. The van der Waals surface area contributed by atoms with Gasteiger partial charge in [-0.3, -0.25) is 0 Å². The van der Waals surface area contributed by atoms with Crippen molar-refractivity contribution in [3.8, 4) is 0 Å². The summed E-state index contributed by atoms with van der Waals surface area (Å²) in [5.41, 5.74) is 0. The highest BCUT2D eigenvalue weighted by Gasteiger charge is 2.19. The van der Waals surface area contributed by atoms with Crippen LogP contribution >= 0.6 is 15.9 Å². The van der Waals surface area contributed by atoms with Crippen LogP contribution in [-0.4, -0.2) is 36.5 Å². The van der Waals surface area contributed by atoms with Crippen molar-refractivity contribution in [2.24, 2.45) is 0 Å². The van der Waals surface area contributed by atoms with Crippen LogP contribution in [0.3, 0.4) is 0 Å². The van der Waals surface area contributed by atoms with Crippen LogP contribution in [0.2, 0.25) is 0 Å². The fourth-order valence-electron chi connectivity index (χ4n) is 4.74. The molecule has 0 aromatic carbocycles. The highest BCUT2D eigenvalue weighted by molar-refractivity contribution is 9.09. The first kappa shape index (κ1) is 34.3. The lowest BCUT2D eigenvalue weighted by Gasteiger charge is -2.35. The summed E-state index contributed by atoms with van der Waals surface area (Å²) in [4.78, 5) is 0. The normalized spacial score (nSPS) is 11.6.